The second-order valence-electron chi connectivity index (χ2n) is 8.31. The zero-order chi connectivity index (χ0) is 18.3. The molecular formula is C19H26N4O3. The van der Waals surface area contributed by atoms with Crippen molar-refractivity contribution in [2.45, 2.75) is 57.6 Å². The number of aliphatic hydroxyl groups excluding tert-OH is 1. The summed E-state index contributed by atoms with van der Waals surface area (Å²) in [6, 6.07) is -0.306. The number of aryl methyl sites for hydroxylation is 1. The van der Waals surface area contributed by atoms with E-state index in [0.717, 1.165) is 37.0 Å². The van der Waals surface area contributed by atoms with Crippen LogP contribution in [-0.2, 0) is 6.61 Å². The molecule has 5 rings (SSSR count). The molecule has 7 nitrogen and oxygen atoms in total. The second kappa shape index (κ2) is 6.54. The quantitative estimate of drug-likeness (QED) is 0.489. The summed E-state index contributed by atoms with van der Waals surface area (Å²) < 4.78 is 0. The number of pyridine rings is 1. The normalized spacial score (nSPS) is 32.2. The maximum absolute atomic E-state index is 12.4. The van der Waals surface area contributed by atoms with E-state index in [1.807, 2.05) is 0 Å². The highest BCUT2D eigenvalue weighted by molar-refractivity contribution is 5.86. The predicted octanol–water partition coefficient (Wildman–Crippen LogP) is 2.19. The molecule has 0 aliphatic heterocycles. The number of amides is 2. The molecule has 4 saturated carbocycles. The maximum Gasteiger partial charge on any atom is 0.335 e. The number of aromatic nitrogens is 1. The van der Waals surface area contributed by atoms with Crippen LogP contribution in [0.15, 0.2) is 11.3 Å². The van der Waals surface area contributed by atoms with E-state index in [9.17, 15) is 15.0 Å². The van der Waals surface area contributed by atoms with E-state index < -0.39 is 0 Å². The molecule has 4 fully saturated rings. The van der Waals surface area contributed by atoms with E-state index in [-0.39, 0.29) is 23.9 Å². The van der Waals surface area contributed by atoms with E-state index in [1.165, 1.54) is 31.7 Å². The number of carbonyl (C=O) groups is 1. The molecule has 0 radical (unpaired) electrons. The number of hydrogen-bond donors (Lipinski definition) is 4. The monoisotopic (exact) mass is 358 g/mol. The maximum atomic E-state index is 12.4. The van der Waals surface area contributed by atoms with Crippen LogP contribution in [0.4, 0.5) is 4.79 Å². The molecule has 0 unspecified atom stereocenters. The SMILES string of the molecule is Cc1ncc(CO)c(C=NNC(=O)NC23CC4CC(CC(C4)C2)C3)c1O. The summed E-state index contributed by atoms with van der Waals surface area (Å²) in [5.41, 5.74) is 3.72. The van der Waals surface area contributed by atoms with Crippen LogP contribution in [0.3, 0.4) is 0 Å². The summed E-state index contributed by atoms with van der Waals surface area (Å²) in [6.07, 6.45) is 10.1. The van der Waals surface area contributed by atoms with Gasteiger partial charge < -0.3 is 15.5 Å². The van der Waals surface area contributed by atoms with Crippen molar-refractivity contribution in [3.05, 3.63) is 23.0 Å². The molecule has 0 spiro atoms. The Morgan fingerprint density at radius 1 is 1.31 bits per heavy atom. The standard InChI is InChI=1S/C19H26N4O3/c1-11-17(25)16(15(10-24)8-20-11)9-21-23-18(26)22-19-5-12-2-13(6-19)4-14(3-12)7-19/h8-9,12-14,24-25H,2-7,10H2,1H3,(H2,22,23,26). The Morgan fingerprint density at radius 2 is 1.92 bits per heavy atom. The summed E-state index contributed by atoms with van der Waals surface area (Å²) in [6.45, 7) is 1.41. The number of aliphatic hydroxyl groups is 1. The minimum atomic E-state index is -0.306. The molecule has 0 atom stereocenters. The van der Waals surface area contributed by atoms with Crippen LogP contribution >= 0.6 is 0 Å². The Labute approximate surface area is 152 Å². The lowest BCUT2D eigenvalue weighted by Crippen LogP contribution is -2.61. The van der Waals surface area contributed by atoms with E-state index in [2.05, 4.69) is 20.8 Å². The number of hydrazone groups is 1. The molecular weight excluding hydrogens is 332 g/mol. The van der Waals surface area contributed by atoms with E-state index >= 15 is 0 Å². The lowest BCUT2D eigenvalue weighted by Gasteiger charge is -2.56. The van der Waals surface area contributed by atoms with Gasteiger partial charge in [0.15, 0.2) is 0 Å². The first-order valence-corrected chi connectivity index (χ1v) is 9.37. The third kappa shape index (κ3) is 3.16. The number of hydrogen-bond acceptors (Lipinski definition) is 5. The van der Waals surface area contributed by atoms with Gasteiger partial charge in [-0.3, -0.25) is 4.98 Å². The van der Waals surface area contributed by atoms with Crippen LogP contribution in [0.5, 0.6) is 5.75 Å². The molecule has 1 heterocycles. The fourth-order valence-corrected chi connectivity index (χ4v) is 5.61. The summed E-state index contributed by atoms with van der Waals surface area (Å²) in [4.78, 5) is 16.4. The fraction of sp³-hybridized carbons (Fsp3) is 0.632. The molecule has 26 heavy (non-hydrogen) atoms. The average molecular weight is 358 g/mol. The van der Waals surface area contributed by atoms with E-state index in [1.54, 1.807) is 6.92 Å². The molecule has 0 aromatic carbocycles. The van der Waals surface area contributed by atoms with Gasteiger partial charge in [0.2, 0.25) is 0 Å². The third-order valence-electron chi connectivity index (χ3n) is 6.30. The van der Waals surface area contributed by atoms with Gasteiger partial charge in [-0.05, 0) is 63.2 Å². The highest BCUT2D eigenvalue weighted by Crippen LogP contribution is 2.55. The van der Waals surface area contributed by atoms with Crippen molar-refractivity contribution >= 4 is 12.2 Å². The van der Waals surface area contributed by atoms with Crippen molar-refractivity contribution in [2.75, 3.05) is 0 Å². The van der Waals surface area contributed by atoms with Crippen LogP contribution < -0.4 is 10.7 Å². The van der Waals surface area contributed by atoms with Gasteiger partial charge in [0, 0.05) is 22.9 Å². The van der Waals surface area contributed by atoms with Gasteiger partial charge in [0.1, 0.15) is 5.75 Å². The lowest BCUT2D eigenvalue weighted by molar-refractivity contribution is -0.0135. The Morgan fingerprint density at radius 3 is 2.50 bits per heavy atom. The highest BCUT2D eigenvalue weighted by Gasteiger charge is 2.51. The van der Waals surface area contributed by atoms with Gasteiger partial charge in [-0.25, -0.2) is 10.2 Å². The van der Waals surface area contributed by atoms with Gasteiger partial charge in [-0.15, -0.1) is 0 Å². The molecule has 7 heteroatoms. The predicted molar refractivity (Wildman–Crippen MR) is 96.7 cm³/mol. The van der Waals surface area contributed by atoms with E-state index in [0.29, 0.717) is 16.8 Å². The van der Waals surface area contributed by atoms with Crippen molar-refractivity contribution in [1.82, 2.24) is 15.7 Å². The molecule has 4 aliphatic carbocycles. The Hall–Kier alpha value is -2.15. The number of aromatic hydroxyl groups is 1. The summed E-state index contributed by atoms with van der Waals surface area (Å²) in [7, 11) is 0. The van der Waals surface area contributed by atoms with Gasteiger partial charge >= 0.3 is 6.03 Å². The molecule has 0 saturated heterocycles. The number of urea groups is 1. The minimum absolute atomic E-state index is 0.0383. The third-order valence-corrected chi connectivity index (χ3v) is 6.30. The smallest absolute Gasteiger partial charge is 0.335 e. The molecule has 1 aromatic rings. The van der Waals surface area contributed by atoms with Gasteiger partial charge in [0.25, 0.3) is 0 Å². The Balaban J connectivity index is 1.41. The molecule has 2 amide bonds. The second-order valence-corrected chi connectivity index (χ2v) is 8.31. The van der Waals surface area contributed by atoms with Gasteiger partial charge in [-0.2, -0.15) is 5.10 Å². The fourth-order valence-electron chi connectivity index (χ4n) is 5.61. The van der Waals surface area contributed by atoms with Crippen molar-refractivity contribution in [2.24, 2.45) is 22.9 Å². The van der Waals surface area contributed by atoms with Crippen LogP contribution in [0.25, 0.3) is 0 Å². The number of carbonyl (C=O) groups excluding carboxylic acids is 1. The Kier molecular flexibility index (Phi) is 4.34. The van der Waals surface area contributed by atoms with Gasteiger partial charge in [0.05, 0.1) is 18.5 Å². The molecule has 4 bridgehead atoms. The summed E-state index contributed by atoms with van der Waals surface area (Å²) in [5.74, 6) is 2.24. The molecule has 4 N–H and O–H groups in total. The van der Waals surface area contributed by atoms with Crippen molar-refractivity contribution in [3.63, 3.8) is 0 Å². The van der Waals surface area contributed by atoms with Crippen LogP contribution in [0.2, 0.25) is 0 Å². The first-order chi connectivity index (χ1) is 12.5. The average Bonchev–Trinajstić information content (AvgIpc) is 2.57. The van der Waals surface area contributed by atoms with Gasteiger partial charge in [-0.1, -0.05) is 0 Å². The number of nitrogens with zero attached hydrogens (tertiary/aromatic N) is 2. The molecule has 1 aromatic heterocycles. The van der Waals surface area contributed by atoms with Crippen molar-refractivity contribution in [1.29, 1.82) is 0 Å². The summed E-state index contributed by atoms with van der Waals surface area (Å²) in [5, 5.41) is 26.6. The van der Waals surface area contributed by atoms with Crippen LogP contribution in [0.1, 0.15) is 55.3 Å². The van der Waals surface area contributed by atoms with Crippen LogP contribution in [0, 0.1) is 24.7 Å². The zero-order valence-electron chi connectivity index (χ0n) is 15.0. The van der Waals surface area contributed by atoms with Crippen molar-refractivity contribution in [3.8, 4) is 5.75 Å². The highest BCUT2D eigenvalue weighted by atomic mass is 16.3. The lowest BCUT2D eigenvalue weighted by atomic mass is 9.53. The number of rotatable bonds is 4. The Bertz CT molecular complexity index is 711. The van der Waals surface area contributed by atoms with E-state index in [4.69, 9.17) is 0 Å². The molecule has 140 valence electrons. The zero-order valence-corrected chi connectivity index (χ0v) is 15.0. The van der Waals surface area contributed by atoms with Crippen LogP contribution in [-0.4, -0.2) is 33.0 Å². The topological polar surface area (TPSA) is 107 Å². The van der Waals surface area contributed by atoms with Crippen molar-refractivity contribution < 1.29 is 15.0 Å². The largest absolute Gasteiger partial charge is 0.505 e. The summed E-state index contributed by atoms with van der Waals surface area (Å²) >= 11 is 0. The first-order valence-electron chi connectivity index (χ1n) is 9.37. The molecule has 4 aliphatic rings. The first kappa shape index (κ1) is 17.3. The minimum Gasteiger partial charge on any atom is -0.505 e. The number of nitrogens with one attached hydrogen (secondary N) is 2.